The van der Waals surface area contributed by atoms with Crippen LogP contribution in [0.15, 0.2) is 42.5 Å². The summed E-state index contributed by atoms with van der Waals surface area (Å²) in [5.41, 5.74) is 2.43. The molecular formula is C21H21ClN6O3S. The molecule has 1 aromatic heterocycles. The van der Waals surface area contributed by atoms with E-state index < -0.39 is 4.92 Å². The van der Waals surface area contributed by atoms with Gasteiger partial charge in [0.1, 0.15) is 12.2 Å². The number of hydrogen-bond donors (Lipinski definition) is 1. The minimum atomic E-state index is -0.438. The number of amides is 1. The number of anilines is 1. The van der Waals surface area contributed by atoms with Crippen molar-refractivity contribution in [1.29, 1.82) is 0 Å². The highest BCUT2D eigenvalue weighted by atomic mass is 35.5. The van der Waals surface area contributed by atoms with Crippen LogP contribution in [0.2, 0.25) is 5.02 Å². The van der Waals surface area contributed by atoms with Gasteiger partial charge in [0.25, 0.3) is 5.69 Å². The Bertz CT molecular complexity index is 1230. The monoisotopic (exact) mass is 472 g/mol. The number of rotatable bonds is 5. The number of nitrogens with zero attached hydrogens (tertiary/aromatic N) is 5. The molecular weight excluding hydrogens is 452 g/mol. The summed E-state index contributed by atoms with van der Waals surface area (Å²) >= 11 is 11.3. The van der Waals surface area contributed by atoms with Gasteiger partial charge in [-0.05, 0) is 37.3 Å². The van der Waals surface area contributed by atoms with Gasteiger partial charge in [-0.1, -0.05) is 35.4 Å². The quantitative estimate of drug-likeness (QED) is 0.344. The zero-order valence-electron chi connectivity index (χ0n) is 17.3. The maximum Gasteiger partial charge on any atom is 0.294 e. The molecule has 2 heterocycles. The van der Waals surface area contributed by atoms with Crippen molar-refractivity contribution in [1.82, 2.24) is 19.7 Å². The Balaban J connectivity index is 1.46. The molecule has 0 radical (unpaired) electrons. The minimum absolute atomic E-state index is 0.0372. The minimum Gasteiger partial charge on any atom is -0.362 e. The van der Waals surface area contributed by atoms with E-state index in [1.165, 1.54) is 6.07 Å². The van der Waals surface area contributed by atoms with Gasteiger partial charge in [-0.25, -0.2) is 0 Å². The van der Waals surface area contributed by atoms with Gasteiger partial charge in [0.15, 0.2) is 10.6 Å². The molecule has 1 saturated heterocycles. The van der Waals surface area contributed by atoms with E-state index in [1.54, 1.807) is 21.6 Å². The Kier molecular flexibility index (Phi) is 6.24. The number of aryl methyl sites for hydroxylation is 1. The summed E-state index contributed by atoms with van der Waals surface area (Å²) in [6, 6.07) is 12.5. The third-order valence-electron chi connectivity index (χ3n) is 5.44. The molecule has 2 aromatic carbocycles. The Morgan fingerprint density at radius 1 is 1.22 bits per heavy atom. The molecule has 0 unspecified atom stereocenters. The highest BCUT2D eigenvalue weighted by Crippen LogP contribution is 2.31. The molecule has 0 bridgehead atoms. The first kappa shape index (κ1) is 22.0. The van der Waals surface area contributed by atoms with Crippen LogP contribution in [0.5, 0.6) is 0 Å². The lowest BCUT2D eigenvalue weighted by molar-refractivity contribution is -0.384. The van der Waals surface area contributed by atoms with Crippen molar-refractivity contribution in [2.75, 3.05) is 31.1 Å². The second-order valence-electron chi connectivity index (χ2n) is 7.57. The van der Waals surface area contributed by atoms with Gasteiger partial charge in [0.2, 0.25) is 5.91 Å². The first-order valence-electron chi connectivity index (χ1n) is 10.0. The van der Waals surface area contributed by atoms with Crippen molar-refractivity contribution in [3.05, 3.63) is 67.9 Å². The molecule has 0 atom stereocenters. The maximum absolute atomic E-state index is 13.0. The van der Waals surface area contributed by atoms with Crippen molar-refractivity contribution >= 4 is 41.1 Å². The fourth-order valence-electron chi connectivity index (χ4n) is 3.81. The summed E-state index contributed by atoms with van der Waals surface area (Å²) in [7, 11) is 0. The Morgan fingerprint density at radius 3 is 2.66 bits per heavy atom. The maximum atomic E-state index is 13.0. The predicted octanol–water partition coefficient (Wildman–Crippen LogP) is 3.83. The molecule has 4 rings (SSSR count). The summed E-state index contributed by atoms with van der Waals surface area (Å²) in [5, 5.41) is 18.8. The van der Waals surface area contributed by atoms with Gasteiger partial charge in [-0.15, -0.1) is 0 Å². The van der Waals surface area contributed by atoms with Crippen LogP contribution in [-0.4, -0.2) is 56.7 Å². The SMILES string of the molecule is Cc1cccc(-c2n[nH]c(=S)n2CC(=O)N2CCN(c3ccc(Cl)cc3[N+](=O)[O-])CC2)c1. The topological polar surface area (TPSA) is 100 Å². The Hall–Kier alpha value is -3.24. The molecule has 1 aliphatic rings. The number of nitrogens with one attached hydrogen (secondary N) is 1. The predicted molar refractivity (Wildman–Crippen MR) is 124 cm³/mol. The van der Waals surface area contributed by atoms with E-state index in [0.29, 0.717) is 47.5 Å². The molecule has 0 spiro atoms. The molecule has 3 aromatic rings. The highest BCUT2D eigenvalue weighted by Gasteiger charge is 2.26. The average molecular weight is 473 g/mol. The second kappa shape index (κ2) is 9.09. The number of piperazine rings is 1. The summed E-state index contributed by atoms with van der Waals surface area (Å²) in [4.78, 5) is 27.6. The van der Waals surface area contributed by atoms with Crippen LogP contribution >= 0.6 is 23.8 Å². The molecule has 1 N–H and O–H groups in total. The number of aromatic amines is 1. The Labute approximate surface area is 194 Å². The molecule has 0 saturated carbocycles. The molecule has 0 aliphatic carbocycles. The van der Waals surface area contributed by atoms with Crippen LogP contribution in [-0.2, 0) is 11.3 Å². The fourth-order valence-corrected chi connectivity index (χ4v) is 4.17. The van der Waals surface area contributed by atoms with Crippen molar-refractivity contribution in [2.45, 2.75) is 13.5 Å². The fraction of sp³-hybridized carbons (Fsp3) is 0.286. The van der Waals surface area contributed by atoms with Gasteiger partial charge in [0.05, 0.1) is 4.92 Å². The third kappa shape index (κ3) is 4.51. The summed E-state index contributed by atoms with van der Waals surface area (Å²) in [5.74, 6) is 0.532. The van der Waals surface area contributed by atoms with Crippen molar-refractivity contribution in [3.63, 3.8) is 0 Å². The van der Waals surface area contributed by atoms with E-state index >= 15 is 0 Å². The van der Waals surface area contributed by atoms with Crippen LogP contribution in [0.4, 0.5) is 11.4 Å². The van der Waals surface area contributed by atoms with E-state index in [1.807, 2.05) is 36.1 Å². The van der Waals surface area contributed by atoms with E-state index in [2.05, 4.69) is 10.2 Å². The third-order valence-corrected chi connectivity index (χ3v) is 5.98. The zero-order valence-corrected chi connectivity index (χ0v) is 18.9. The summed E-state index contributed by atoms with van der Waals surface area (Å²) in [6.07, 6.45) is 0. The van der Waals surface area contributed by atoms with E-state index in [9.17, 15) is 14.9 Å². The van der Waals surface area contributed by atoms with E-state index in [-0.39, 0.29) is 18.1 Å². The number of hydrogen-bond acceptors (Lipinski definition) is 6. The van der Waals surface area contributed by atoms with Gasteiger partial charge < -0.3 is 9.80 Å². The van der Waals surface area contributed by atoms with Crippen LogP contribution in [0.25, 0.3) is 11.4 Å². The molecule has 11 heteroatoms. The largest absolute Gasteiger partial charge is 0.362 e. The normalized spacial score (nSPS) is 13.9. The highest BCUT2D eigenvalue weighted by molar-refractivity contribution is 7.71. The van der Waals surface area contributed by atoms with E-state index in [4.69, 9.17) is 23.8 Å². The average Bonchev–Trinajstić information content (AvgIpc) is 3.14. The number of nitro benzene ring substituents is 1. The van der Waals surface area contributed by atoms with Crippen molar-refractivity contribution in [3.8, 4) is 11.4 Å². The lowest BCUT2D eigenvalue weighted by atomic mass is 10.1. The molecule has 1 aliphatic heterocycles. The number of carbonyl (C=O) groups is 1. The number of H-pyrrole nitrogens is 1. The zero-order chi connectivity index (χ0) is 22.8. The number of aromatic nitrogens is 3. The first-order valence-corrected chi connectivity index (χ1v) is 10.8. The number of benzene rings is 2. The summed E-state index contributed by atoms with van der Waals surface area (Å²) < 4.78 is 2.08. The Morgan fingerprint density at radius 2 is 1.97 bits per heavy atom. The standard InChI is InChI=1S/C21H21ClN6O3S/c1-14-3-2-4-15(11-14)20-23-24-21(32)27(20)13-19(29)26-9-7-25(8-10-26)17-6-5-16(22)12-18(17)28(30)31/h2-6,11-12H,7-10,13H2,1H3,(H,24,32). The van der Waals surface area contributed by atoms with Gasteiger partial charge in [0, 0.05) is 42.8 Å². The van der Waals surface area contributed by atoms with Crippen LogP contribution in [0, 0.1) is 21.8 Å². The smallest absolute Gasteiger partial charge is 0.294 e. The van der Waals surface area contributed by atoms with Crippen LogP contribution in [0.3, 0.4) is 0 Å². The second-order valence-corrected chi connectivity index (χ2v) is 8.39. The molecule has 9 nitrogen and oxygen atoms in total. The van der Waals surface area contributed by atoms with Gasteiger partial charge >= 0.3 is 0 Å². The molecule has 1 amide bonds. The van der Waals surface area contributed by atoms with Crippen molar-refractivity contribution < 1.29 is 9.72 Å². The first-order chi connectivity index (χ1) is 15.3. The number of halogens is 1. The number of nitro groups is 1. The van der Waals surface area contributed by atoms with Gasteiger partial charge in [-0.3, -0.25) is 24.6 Å². The lowest BCUT2D eigenvalue weighted by Crippen LogP contribution is -2.49. The van der Waals surface area contributed by atoms with Gasteiger partial charge in [-0.2, -0.15) is 5.10 Å². The number of carbonyl (C=O) groups excluding carboxylic acids is 1. The summed E-state index contributed by atoms with van der Waals surface area (Å²) in [6.45, 7) is 3.92. The molecule has 1 fully saturated rings. The van der Waals surface area contributed by atoms with Crippen LogP contribution in [0.1, 0.15) is 5.56 Å². The lowest BCUT2D eigenvalue weighted by Gasteiger charge is -2.36. The molecule has 32 heavy (non-hydrogen) atoms. The van der Waals surface area contributed by atoms with Crippen LogP contribution < -0.4 is 4.90 Å². The molecule has 166 valence electrons. The van der Waals surface area contributed by atoms with E-state index in [0.717, 1.165) is 11.1 Å². The van der Waals surface area contributed by atoms with Crippen molar-refractivity contribution in [2.24, 2.45) is 0 Å².